The van der Waals surface area contributed by atoms with Gasteiger partial charge >= 0.3 is 5.97 Å². The standard InChI is InChI=1S/C11H13NO6.C6H13NO2/c13-5-7-8(14)9(15)10(18-7)12-3-1-2-6(4-12)11(16)17;1-4(2)3-5(7)6(8)9/h1-4,7-10,13-15H,5H2;4-5H,3,7H2,1-2H3,(H,8,9)/t7-,8-,9-,10-;5-/m10/s1. The molecule has 2 rings (SSSR count). The number of hydrogen-bond donors (Lipinski definition) is 5. The van der Waals surface area contributed by atoms with Gasteiger partial charge in [0.15, 0.2) is 18.5 Å². The number of carboxylic acids is 2. The Labute approximate surface area is 156 Å². The Morgan fingerprint density at radius 3 is 2.37 bits per heavy atom. The number of carbonyl (C=O) groups excluding carboxylic acids is 1. The zero-order chi connectivity index (χ0) is 20.7. The fourth-order valence-corrected chi connectivity index (χ4v) is 2.51. The lowest BCUT2D eigenvalue weighted by atomic mass is 10.1. The predicted octanol–water partition coefficient (Wildman–Crippen LogP) is -2.61. The molecular formula is C17H26N2O8. The van der Waals surface area contributed by atoms with Gasteiger partial charge in [-0.15, -0.1) is 0 Å². The van der Waals surface area contributed by atoms with Crippen molar-refractivity contribution < 1.29 is 44.4 Å². The number of nitrogens with two attached hydrogens (primary N) is 1. The van der Waals surface area contributed by atoms with Crippen LogP contribution in [0.15, 0.2) is 24.5 Å². The highest BCUT2D eigenvalue weighted by atomic mass is 16.6. The van der Waals surface area contributed by atoms with Crippen LogP contribution in [0.1, 0.15) is 36.9 Å². The summed E-state index contributed by atoms with van der Waals surface area (Å²) in [6.45, 7) is 3.42. The number of pyridine rings is 1. The summed E-state index contributed by atoms with van der Waals surface area (Å²) in [5, 5.41) is 47.2. The van der Waals surface area contributed by atoms with Crippen LogP contribution in [0.25, 0.3) is 0 Å². The third-order valence-electron chi connectivity index (χ3n) is 3.91. The first-order valence-electron chi connectivity index (χ1n) is 8.41. The van der Waals surface area contributed by atoms with Gasteiger partial charge < -0.3 is 40.8 Å². The number of hydrogen-bond acceptors (Lipinski definition) is 8. The molecule has 1 saturated heterocycles. The minimum absolute atomic E-state index is 0.0373. The maximum atomic E-state index is 10.8. The van der Waals surface area contributed by atoms with Crippen molar-refractivity contribution in [2.24, 2.45) is 11.7 Å². The molecule has 1 aliphatic heterocycles. The highest BCUT2D eigenvalue weighted by Gasteiger charge is 2.47. The molecule has 1 aromatic heterocycles. The van der Waals surface area contributed by atoms with Crippen LogP contribution in [-0.4, -0.2) is 63.3 Å². The van der Waals surface area contributed by atoms with E-state index in [0.29, 0.717) is 12.3 Å². The van der Waals surface area contributed by atoms with E-state index in [0.717, 1.165) is 0 Å². The molecule has 2 heterocycles. The Bertz CT molecular complexity index is 639. The Morgan fingerprint density at radius 1 is 1.33 bits per heavy atom. The molecule has 0 unspecified atom stereocenters. The number of carboxylic acid groups (broad SMARTS) is 2. The third kappa shape index (κ3) is 6.52. The number of carbonyl (C=O) groups is 2. The lowest BCUT2D eigenvalue weighted by molar-refractivity contribution is -0.765. The molecule has 0 aromatic carbocycles. The van der Waals surface area contributed by atoms with Gasteiger partial charge in [0.25, 0.3) is 6.23 Å². The third-order valence-corrected chi connectivity index (χ3v) is 3.91. The van der Waals surface area contributed by atoms with Gasteiger partial charge in [-0.2, -0.15) is 4.57 Å². The Kier molecular flexibility index (Phi) is 8.73. The Hall–Kier alpha value is -2.11. The normalized spacial score (nSPS) is 25.6. The van der Waals surface area contributed by atoms with Gasteiger partial charge in [-0.25, -0.2) is 4.79 Å². The van der Waals surface area contributed by atoms with E-state index in [9.17, 15) is 24.9 Å². The second kappa shape index (κ2) is 10.3. The first kappa shape index (κ1) is 22.9. The number of ether oxygens (including phenoxy) is 1. The lowest BCUT2D eigenvalue weighted by Gasteiger charge is -2.13. The van der Waals surface area contributed by atoms with Crippen LogP contribution in [0.3, 0.4) is 0 Å². The minimum atomic E-state index is -1.23. The van der Waals surface area contributed by atoms with Crippen molar-refractivity contribution in [1.29, 1.82) is 0 Å². The van der Waals surface area contributed by atoms with Gasteiger partial charge in [0.2, 0.25) is 0 Å². The molecule has 1 aromatic rings. The highest BCUT2D eigenvalue weighted by Crippen LogP contribution is 2.25. The van der Waals surface area contributed by atoms with Crippen molar-refractivity contribution in [2.45, 2.75) is 50.8 Å². The van der Waals surface area contributed by atoms with E-state index in [4.69, 9.17) is 20.7 Å². The highest BCUT2D eigenvalue weighted by molar-refractivity contribution is 5.86. The molecule has 1 aliphatic rings. The molecule has 10 nitrogen and oxygen atoms in total. The van der Waals surface area contributed by atoms with E-state index < -0.39 is 49.1 Å². The summed E-state index contributed by atoms with van der Waals surface area (Å²) in [5.41, 5.74) is 5.19. The summed E-state index contributed by atoms with van der Waals surface area (Å²) < 4.78 is 6.63. The Morgan fingerprint density at radius 2 is 1.96 bits per heavy atom. The molecule has 0 aliphatic carbocycles. The van der Waals surface area contributed by atoms with E-state index in [1.807, 2.05) is 13.8 Å². The smallest absolute Gasteiger partial charge is 0.341 e. The van der Waals surface area contributed by atoms with Crippen LogP contribution < -0.4 is 15.4 Å². The predicted molar refractivity (Wildman–Crippen MR) is 89.0 cm³/mol. The van der Waals surface area contributed by atoms with E-state index in [1.54, 1.807) is 0 Å². The van der Waals surface area contributed by atoms with Crippen LogP contribution in [0.5, 0.6) is 0 Å². The SMILES string of the molecule is CC(C)C[C@H](N)C(=O)[O-].O=C(O)c1ccc[n+]([C@@H]2O[C@H](CO)[C@@H](O)[C@H]2O)c1. The summed E-state index contributed by atoms with van der Waals surface area (Å²) in [5.74, 6) is -1.95. The molecule has 1 fully saturated rings. The zero-order valence-electron chi connectivity index (χ0n) is 15.1. The Balaban J connectivity index is 0.000000345. The molecule has 27 heavy (non-hydrogen) atoms. The topological polar surface area (TPSA) is 177 Å². The van der Waals surface area contributed by atoms with Gasteiger partial charge in [-0.1, -0.05) is 13.8 Å². The largest absolute Gasteiger partial charge is 0.548 e. The van der Waals surface area contributed by atoms with Gasteiger partial charge in [0.05, 0.1) is 12.6 Å². The zero-order valence-corrected chi connectivity index (χ0v) is 15.1. The maximum Gasteiger partial charge on any atom is 0.341 e. The van der Waals surface area contributed by atoms with Crippen LogP contribution in [0.2, 0.25) is 0 Å². The molecule has 0 amide bonds. The number of nitrogens with zero attached hydrogens (tertiary/aromatic N) is 1. The van der Waals surface area contributed by atoms with Gasteiger partial charge in [0.1, 0.15) is 17.8 Å². The summed E-state index contributed by atoms with van der Waals surface area (Å²) in [6.07, 6.45) is -0.933. The number of aliphatic hydroxyl groups excluding tert-OH is 3. The van der Waals surface area contributed by atoms with Crippen LogP contribution in [0, 0.1) is 5.92 Å². The van der Waals surface area contributed by atoms with Gasteiger partial charge in [-0.3, -0.25) is 0 Å². The first-order valence-corrected chi connectivity index (χ1v) is 8.41. The molecule has 0 bridgehead atoms. The molecule has 5 atom stereocenters. The van der Waals surface area contributed by atoms with Crippen molar-refractivity contribution >= 4 is 11.9 Å². The molecular weight excluding hydrogens is 360 g/mol. The fraction of sp³-hybridized carbons (Fsp3) is 0.588. The minimum Gasteiger partial charge on any atom is -0.548 e. The quantitative estimate of drug-likeness (QED) is 0.328. The number of aliphatic hydroxyl groups is 3. The maximum absolute atomic E-state index is 10.8. The molecule has 10 heteroatoms. The van der Waals surface area contributed by atoms with Crippen molar-refractivity contribution in [3.63, 3.8) is 0 Å². The van der Waals surface area contributed by atoms with Crippen LogP contribution in [0.4, 0.5) is 0 Å². The number of rotatable bonds is 6. The average molecular weight is 386 g/mol. The number of aliphatic carboxylic acids is 1. The van der Waals surface area contributed by atoms with Crippen molar-refractivity contribution in [3.8, 4) is 0 Å². The lowest BCUT2D eigenvalue weighted by Crippen LogP contribution is -2.46. The number of aromatic nitrogens is 1. The van der Waals surface area contributed by atoms with E-state index in [2.05, 4.69) is 0 Å². The second-order valence-electron chi connectivity index (χ2n) is 6.63. The van der Waals surface area contributed by atoms with Gasteiger partial charge in [0, 0.05) is 12.1 Å². The fourth-order valence-electron chi connectivity index (χ4n) is 2.51. The van der Waals surface area contributed by atoms with Crippen LogP contribution in [-0.2, 0) is 9.53 Å². The summed E-state index contributed by atoms with van der Waals surface area (Å²) >= 11 is 0. The van der Waals surface area contributed by atoms with Crippen molar-refractivity contribution in [2.75, 3.05) is 6.61 Å². The monoisotopic (exact) mass is 386 g/mol. The van der Waals surface area contributed by atoms with Crippen molar-refractivity contribution in [3.05, 3.63) is 30.1 Å². The second-order valence-corrected chi connectivity index (χ2v) is 6.63. The summed E-state index contributed by atoms with van der Waals surface area (Å²) in [7, 11) is 0. The summed E-state index contributed by atoms with van der Waals surface area (Å²) in [4.78, 5) is 20.8. The first-order chi connectivity index (χ1) is 12.6. The summed E-state index contributed by atoms with van der Waals surface area (Å²) in [6, 6.07) is 2.10. The molecule has 152 valence electrons. The molecule has 6 N–H and O–H groups in total. The molecule has 0 radical (unpaired) electrons. The van der Waals surface area contributed by atoms with Gasteiger partial charge in [-0.05, 0) is 18.4 Å². The van der Waals surface area contributed by atoms with Crippen LogP contribution >= 0.6 is 0 Å². The van der Waals surface area contributed by atoms with E-state index >= 15 is 0 Å². The average Bonchev–Trinajstić information content (AvgIpc) is 2.90. The van der Waals surface area contributed by atoms with Crippen molar-refractivity contribution in [1.82, 2.24) is 0 Å². The van der Waals surface area contributed by atoms with E-state index in [1.165, 1.54) is 29.1 Å². The molecule has 0 spiro atoms. The molecule has 0 saturated carbocycles. The number of aromatic carboxylic acids is 1. The van der Waals surface area contributed by atoms with E-state index in [-0.39, 0.29) is 5.56 Å².